The standard InChI is InChI=1S/C23H27FO/c1-3-4-15-25-23-14-13-21(16-22(23)24)20-11-9-19(10-12-20)18-7-5-17(2)6-8-18/h5-9,11,13-14,16,19-20H,3-4,10,12,15H2,1-2H3. The molecule has 0 aromatic heterocycles. The van der Waals surface area contributed by atoms with Gasteiger partial charge >= 0.3 is 0 Å². The third kappa shape index (κ3) is 4.50. The van der Waals surface area contributed by atoms with Gasteiger partial charge in [-0.3, -0.25) is 0 Å². The highest BCUT2D eigenvalue weighted by Crippen LogP contribution is 2.36. The van der Waals surface area contributed by atoms with Crippen molar-refractivity contribution in [2.75, 3.05) is 6.61 Å². The summed E-state index contributed by atoms with van der Waals surface area (Å²) in [6.07, 6.45) is 8.66. The molecule has 2 heteroatoms. The number of unbranched alkanes of at least 4 members (excludes halogenated alkanes) is 1. The van der Waals surface area contributed by atoms with E-state index in [9.17, 15) is 4.39 Å². The summed E-state index contributed by atoms with van der Waals surface area (Å²) in [5.41, 5.74) is 3.70. The van der Waals surface area contributed by atoms with Crippen LogP contribution in [0.25, 0.3) is 0 Å². The molecule has 0 bridgehead atoms. The van der Waals surface area contributed by atoms with Crippen molar-refractivity contribution >= 4 is 0 Å². The lowest BCUT2D eigenvalue weighted by atomic mass is 9.81. The fraction of sp³-hybridized carbons (Fsp3) is 0.391. The highest BCUT2D eigenvalue weighted by molar-refractivity contribution is 5.35. The minimum atomic E-state index is -0.248. The first kappa shape index (κ1) is 17.7. The Kier molecular flexibility index (Phi) is 5.91. The third-order valence-corrected chi connectivity index (χ3v) is 5.01. The second kappa shape index (κ2) is 8.33. The molecule has 2 aromatic rings. The summed E-state index contributed by atoms with van der Waals surface area (Å²) in [7, 11) is 0. The molecule has 0 fully saturated rings. The van der Waals surface area contributed by atoms with Crippen molar-refractivity contribution in [3.8, 4) is 5.75 Å². The Balaban J connectivity index is 1.66. The molecule has 0 amide bonds. The Morgan fingerprint density at radius 3 is 2.20 bits per heavy atom. The van der Waals surface area contributed by atoms with Gasteiger partial charge in [0.1, 0.15) is 0 Å². The Morgan fingerprint density at radius 1 is 0.960 bits per heavy atom. The summed E-state index contributed by atoms with van der Waals surface area (Å²) >= 11 is 0. The van der Waals surface area contributed by atoms with Crippen LogP contribution in [0, 0.1) is 12.7 Å². The summed E-state index contributed by atoms with van der Waals surface area (Å²) in [6, 6.07) is 14.2. The maximum absolute atomic E-state index is 14.3. The number of ether oxygens (including phenoxy) is 1. The predicted molar refractivity (Wildman–Crippen MR) is 102 cm³/mol. The van der Waals surface area contributed by atoms with Crippen LogP contribution in [0.3, 0.4) is 0 Å². The van der Waals surface area contributed by atoms with Crippen molar-refractivity contribution in [3.63, 3.8) is 0 Å². The van der Waals surface area contributed by atoms with Gasteiger partial charge < -0.3 is 4.74 Å². The first-order valence-electron chi connectivity index (χ1n) is 9.34. The quantitative estimate of drug-likeness (QED) is 0.430. The van der Waals surface area contributed by atoms with E-state index in [0.717, 1.165) is 31.2 Å². The highest BCUT2D eigenvalue weighted by atomic mass is 19.1. The predicted octanol–water partition coefficient (Wildman–Crippen LogP) is 6.53. The van der Waals surface area contributed by atoms with E-state index in [1.54, 1.807) is 12.1 Å². The van der Waals surface area contributed by atoms with Gasteiger partial charge in [0.05, 0.1) is 6.61 Å². The monoisotopic (exact) mass is 338 g/mol. The Bertz CT molecular complexity index is 717. The van der Waals surface area contributed by atoms with Crippen molar-refractivity contribution in [2.24, 2.45) is 0 Å². The zero-order chi connectivity index (χ0) is 17.6. The number of aryl methyl sites for hydroxylation is 1. The van der Waals surface area contributed by atoms with E-state index in [0.29, 0.717) is 24.2 Å². The van der Waals surface area contributed by atoms with Gasteiger partial charge in [0.15, 0.2) is 11.6 Å². The molecule has 132 valence electrons. The molecule has 1 aliphatic rings. The number of benzene rings is 2. The van der Waals surface area contributed by atoms with Crippen LogP contribution in [-0.2, 0) is 0 Å². The van der Waals surface area contributed by atoms with Crippen molar-refractivity contribution in [1.29, 1.82) is 0 Å². The zero-order valence-corrected chi connectivity index (χ0v) is 15.2. The molecule has 0 saturated carbocycles. The summed E-state index contributed by atoms with van der Waals surface area (Å²) in [5.74, 6) is 0.886. The van der Waals surface area contributed by atoms with Gasteiger partial charge in [-0.25, -0.2) is 4.39 Å². The van der Waals surface area contributed by atoms with Crippen molar-refractivity contribution in [3.05, 3.63) is 77.1 Å². The molecule has 2 atom stereocenters. The molecule has 0 spiro atoms. The lowest BCUT2D eigenvalue weighted by molar-refractivity contribution is 0.294. The largest absolute Gasteiger partial charge is 0.491 e. The molecule has 0 aliphatic heterocycles. The topological polar surface area (TPSA) is 9.23 Å². The lowest BCUT2D eigenvalue weighted by Crippen LogP contribution is -2.07. The van der Waals surface area contributed by atoms with Crippen LogP contribution >= 0.6 is 0 Å². The third-order valence-electron chi connectivity index (χ3n) is 5.01. The number of hydrogen-bond donors (Lipinski definition) is 0. The Morgan fingerprint density at radius 2 is 1.60 bits per heavy atom. The SMILES string of the molecule is CCCCOc1ccc(C2C=CC(c3ccc(C)cc3)CC2)cc1F. The molecule has 1 aliphatic carbocycles. The second-order valence-electron chi connectivity index (χ2n) is 6.98. The summed E-state index contributed by atoms with van der Waals surface area (Å²) in [4.78, 5) is 0. The Labute approximate surface area is 150 Å². The van der Waals surface area contributed by atoms with E-state index in [-0.39, 0.29) is 5.82 Å². The van der Waals surface area contributed by atoms with Crippen LogP contribution in [0.5, 0.6) is 5.75 Å². The molecule has 2 aromatic carbocycles. The molecular weight excluding hydrogens is 311 g/mol. The fourth-order valence-electron chi connectivity index (χ4n) is 3.38. The van der Waals surface area contributed by atoms with Crippen molar-refractivity contribution < 1.29 is 9.13 Å². The van der Waals surface area contributed by atoms with E-state index in [4.69, 9.17) is 4.74 Å². The molecule has 0 saturated heterocycles. The normalized spacial score (nSPS) is 19.8. The van der Waals surface area contributed by atoms with E-state index in [2.05, 4.69) is 50.3 Å². The molecule has 2 unspecified atom stereocenters. The number of halogens is 1. The number of rotatable bonds is 6. The lowest BCUT2D eigenvalue weighted by Gasteiger charge is -2.24. The van der Waals surface area contributed by atoms with E-state index in [1.807, 2.05) is 6.07 Å². The number of allylic oxidation sites excluding steroid dienone is 2. The average molecular weight is 338 g/mol. The molecule has 3 rings (SSSR count). The van der Waals surface area contributed by atoms with Crippen molar-refractivity contribution in [1.82, 2.24) is 0 Å². The van der Waals surface area contributed by atoms with Crippen LogP contribution < -0.4 is 4.74 Å². The van der Waals surface area contributed by atoms with Gasteiger partial charge in [0.2, 0.25) is 0 Å². The van der Waals surface area contributed by atoms with E-state index < -0.39 is 0 Å². The summed E-state index contributed by atoms with van der Waals surface area (Å²) < 4.78 is 19.8. The van der Waals surface area contributed by atoms with Gasteiger partial charge in [-0.1, -0.05) is 61.4 Å². The minimum Gasteiger partial charge on any atom is -0.491 e. The molecule has 1 nitrogen and oxygen atoms in total. The van der Waals surface area contributed by atoms with Gasteiger partial charge in [0, 0.05) is 11.8 Å². The first-order valence-corrected chi connectivity index (χ1v) is 9.34. The molecule has 0 radical (unpaired) electrons. The fourth-order valence-corrected chi connectivity index (χ4v) is 3.38. The highest BCUT2D eigenvalue weighted by Gasteiger charge is 2.19. The maximum Gasteiger partial charge on any atom is 0.165 e. The van der Waals surface area contributed by atoms with Crippen LogP contribution in [0.15, 0.2) is 54.6 Å². The van der Waals surface area contributed by atoms with Crippen LogP contribution in [-0.4, -0.2) is 6.61 Å². The van der Waals surface area contributed by atoms with Gasteiger partial charge in [0.25, 0.3) is 0 Å². The zero-order valence-electron chi connectivity index (χ0n) is 15.2. The second-order valence-corrected chi connectivity index (χ2v) is 6.98. The molecule has 0 N–H and O–H groups in total. The number of hydrogen-bond acceptors (Lipinski definition) is 1. The van der Waals surface area contributed by atoms with Crippen LogP contribution in [0.1, 0.15) is 61.1 Å². The van der Waals surface area contributed by atoms with Crippen LogP contribution in [0.2, 0.25) is 0 Å². The molecule has 25 heavy (non-hydrogen) atoms. The molecule has 0 heterocycles. The van der Waals surface area contributed by atoms with Gasteiger partial charge in [-0.15, -0.1) is 0 Å². The first-order chi connectivity index (χ1) is 12.2. The van der Waals surface area contributed by atoms with Crippen molar-refractivity contribution in [2.45, 2.75) is 51.4 Å². The molecular formula is C23H27FO. The van der Waals surface area contributed by atoms with Gasteiger partial charge in [-0.05, 0) is 49.4 Å². The summed E-state index contributed by atoms with van der Waals surface area (Å²) in [5, 5.41) is 0. The summed E-state index contributed by atoms with van der Waals surface area (Å²) in [6.45, 7) is 4.79. The smallest absolute Gasteiger partial charge is 0.165 e. The minimum absolute atomic E-state index is 0.248. The van der Waals surface area contributed by atoms with Crippen LogP contribution in [0.4, 0.5) is 4.39 Å². The van der Waals surface area contributed by atoms with E-state index in [1.165, 1.54) is 11.1 Å². The van der Waals surface area contributed by atoms with Gasteiger partial charge in [-0.2, -0.15) is 0 Å². The average Bonchev–Trinajstić information content (AvgIpc) is 2.64. The Hall–Kier alpha value is -2.09. The maximum atomic E-state index is 14.3. The van der Waals surface area contributed by atoms with E-state index >= 15 is 0 Å².